The minimum absolute atomic E-state index is 0.266. The Morgan fingerprint density at radius 3 is 2.53 bits per heavy atom. The summed E-state index contributed by atoms with van der Waals surface area (Å²) in [5.41, 5.74) is 3.26. The fourth-order valence-electron chi connectivity index (χ4n) is 3.34. The number of benzene rings is 2. The maximum absolute atomic E-state index is 13.2. The number of ether oxygens (including phenoxy) is 1. The highest BCUT2D eigenvalue weighted by molar-refractivity contribution is 7.98. The van der Waals surface area contributed by atoms with Crippen LogP contribution < -0.4 is 15.5 Å². The number of nitrogens with one attached hydrogen (secondary N) is 2. The van der Waals surface area contributed by atoms with Gasteiger partial charge in [0, 0.05) is 24.9 Å². The smallest absolute Gasteiger partial charge is 0.407 e. The average Bonchev–Trinajstić information content (AvgIpc) is 2.84. The Morgan fingerprint density at radius 2 is 1.80 bits per heavy atom. The minimum Gasteiger partial charge on any atom is -0.436 e. The Morgan fingerprint density at radius 1 is 1.13 bits per heavy atom. The number of carbonyl (C=O) groups is 3. The van der Waals surface area contributed by atoms with E-state index in [2.05, 4.69) is 10.6 Å². The van der Waals surface area contributed by atoms with Crippen LogP contribution in [0.25, 0.3) is 11.1 Å². The summed E-state index contributed by atoms with van der Waals surface area (Å²) in [6.45, 7) is 1.93. The van der Waals surface area contributed by atoms with Gasteiger partial charge >= 0.3 is 6.09 Å². The van der Waals surface area contributed by atoms with Gasteiger partial charge in [0.05, 0.1) is 5.69 Å². The number of nitrogens with zero attached hydrogens (tertiary/aromatic N) is 1. The van der Waals surface area contributed by atoms with Crippen molar-refractivity contribution in [3.8, 4) is 11.1 Å². The lowest BCUT2D eigenvalue weighted by atomic mass is 9.95. The zero-order chi connectivity index (χ0) is 21.7. The number of hydrogen-bond donors (Lipinski definition) is 2. The molecular weight excluding hydrogens is 402 g/mol. The molecule has 8 heteroatoms. The first-order chi connectivity index (χ1) is 14.4. The second kappa shape index (κ2) is 9.67. The summed E-state index contributed by atoms with van der Waals surface area (Å²) in [4.78, 5) is 39.3. The van der Waals surface area contributed by atoms with E-state index in [1.165, 1.54) is 6.92 Å². The van der Waals surface area contributed by atoms with Crippen LogP contribution in [0.2, 0.25) is 0 Å². The highest BCUT2D eigenvalue weighted by Crippen LogP contribution is 2.39. The van der Waals surface area contributed by atoms with Crippen LogP contribution >= 0.6 is 11.8 Å². The fraction of sp³-hybridized carbons (Fsp3) is 0.318. The molecule has 0 aliphatic carbocycles. The summed E-state index contributed by atoms with van der Waals surface area (Å²) in [6.07, 6.45) is 0.221. The molecule has 1 unspecified atom stereocenters. The van der Waals surface area contributed by atoms with Gasteiger partial charge in [0.25, 0.3) is 11.8 Å². The van der Waals surface area contributed by atoms with Gasteiger partial charge in [-0.25, -0.2) is 4.79 Å². The first-order valence-corrected chi connectivity index (χ1v) is 11.0. The minimum atomic E-state index is -1.05. The van der Waals surface area contributed by atoms with Crippen molar-refractivity contribution in [1.29, 1.82) is 0 Å². The SMILES string of the molecule is CSCCNC(=O)O[C@@H](C)C(=O)NC1C(=O)N(C)c2ccccc2-c2ccccc21. The van der Waals surface area contributed by atoms with E-state index in [-0.39, 0.29) is 5.91 Å². The van der Waals surface area contributed by atoms with E-state index in [0.717, 1.165) is 22.6 Å². The van der Waals surface area contributed by atoms with Crippen molar-refractivity contribution >= 4 is 35.4 Å². The highest BCUT2D eigenvalue weighted by atomic mass is 32.2. The highest BCUT2D eigenvalue weighted by Gasteiger charge is 2.34. The summed E-state index contributed by atoms with van der Waals surface area (Å²) >= 11 is 1.59. The van der Waals surface area contributed by atoms with Crippen molar-refractivity contribution in [3.63, 3.8) is 0 Å². The number of alkyl carbamates (subject to hydrolysis) is 1. The standard InChI is InChI=1S/C22H25N3O4S/c1-14(29-22(28)23-12-13-30-3)20(26)24-19-17-10-5-4-8-15(17)16-9-6-7-11-18(16)25(2)21(19)27/h4-11,14,19H,12-13H2,1-3H3,(H,23,28)(H,24,26)/t14-,19?/m0/s1. The molecule has 0 spiro atoms. The molecule has 2 aromatic carbocycles. The van der Waals surface area contributed by atoms with Gasteiger partial charge in [0.15, 0.2) is 6.10 Å². The molecule has 2 aromatic rings. The van der Waals surface area contributed by atoms with Crippen LogP contribution in [0.1, 0.15) is 18.5 Å². The summed E-state index contributed by atoms with van der Waals surface area (Å²) in [5.74, 6) is -0.0597. The molecule has 158 valence electrons. The third-order valence-corrected chi connectivity index (χ3v) is 5.53. The molecule has 7 nitrogen and oxygen atoms in total. The zero-order valence-corrected chi connectivity index (χ0v) is 18.0. The third-order valence-electron chi connectivity index (χ3n) is 4.92. The van der Waals surface area contributed by atoms with Crippen LogP contribution in [0.4, 0.5) is 10.5 Å². The number of hydrogen-bond acceptors (Lipinski definition) is 5. The summed E-state index contributed by atoms with van der Waals surface area (Å²) < 4.78 is 5.15. The van der Waals surface area contributed by atoms with Crippen molar-refractivity contribution in [3.05, 3.63) is 54.1 Å². The number of anilines is 1. The molecule has 1 aliphatic rings. The van der Waals surface area contributed by atoms with E-state index >= 15 is 0 Å². The quantitative estimate of drug-likeness (QED) is 0.692. The number of para-hydroxylation sites is 1. The predicted octanol–water partition coefficient (Wildman–Crippen LogP) is 2.97. The van der Waals surface area contributed by atoms with Gasteiger partial charge < -0.3 is 20.3 Å². The van der Waals surface area contributed by atoms with Crippen LogP contribution in [0.5, 0.6) is 0 Å². The molecule has 0 radical (unpaired) electrons. The molecule has 3 amide bonds. The lowest BCUT2D eigenvalue weighted by Crippen LogP contribution is -2.45. The van der Waals surface area contributed by atoms with E-state index in [9.17, 15) is 14.4 Å². The van der Waals surface area contributed by atoms with Gasteiger partial charge in [-0.2, -0.15) is 11.8 Å². The summed E-state index contributed by atoms with van der Waals surface area (Å²) in [5, 5.41) is 5.35. The van der Waals surface area contributed by atoms with E-state index in [1.54, 1.807) is 23.7 Å². The number of carbonyl (C=O) groups excluding carboxylic acids is 3. The second-order valence-corrected chi connectivity index (χ2v) is 7.90. The van der Waals surface area contributed by atoms with Crippen LogP contribution in [-0.2, 0) is 14.3 Å². The van der Waals surface area contributed by atoms with Crippen LogP contribution in [-0.4, -0.2) is 49.6 Å². The van der Waals surface area contributed by atoms with Gasteiger partial charge in [-0.15, -0.1) is 0 Å². The monoisotopic (exact) mass is 427 g/mol. The predicted molar refractivity (Wildman–Crippen MR) is 118 cm³/mol. The molecule has 3 rings (SSSR count). The number of fused-ring (bicyclic) bond motifs is 3. The Labute approximate surface area is 180 Å². The molecule has 1 aliphatic heterocycles. The maximum atomic E-state index is 13.2. The molecule has 0 aromatic heterocycles. The summed E-state index contributed by atoms with van der Waals surface area (Å²) in [7, 11) is 1.69. The van der Waals surface area contributed by atoms with Crippen molar-refractivity contribution < 1.29 is 19.1 Å². The van der Waals surface area contributed by atoms with Crippen LogP contribution in [0.15, 0.2) is 48.5 Å². The van der Waals surface area contributed by atoms with Crippen LogP contribution in [0, 0.1) is 0 Å². The van der Waals surface area contributed by atoms with Gasteiger partial charge in [-0.05, 0) is 30.4 Å². The molecule has 1 heterocycles. The Bertz CT molecular complexity index is 949. The van der Waals surface area contributed by atoms with Crippen molar-refractivity contribution in [2.45, 2.75) is 19.1 Å². The largest absolute Gasteiger partial charge is 0.436 e. The molecular formula is C22H25N3O4S. The lowest BCUT2D eigenvalue weighted by Gasteiger charge is -2.24. The Hall–Kier alpha value is -3.00. The normalized spacial score (nSPS) is 16.0. The number of likely N-dealkylation sites (N-methyl/N-ethyl adjacent to an activating group) is 1. The summed E-state index contributed by atoms with van der Waals surface area (Å²) in [6, 6.07) is 14.2. The third kappa shape index (κ3) is 4.59. The molecule has 0 saturated carbocycles. The molecule has 0 saturated heterocycles. The second-order valence-electron chi connectivity index (χ2n) is 6.91. The van der Waals surface area contributed by atoms with Crippen molar-refractivity contribution in [2.24, 2.45) is 0 Å². The van der Waals surface area contributed by atoms with Gasteiger partial charge in [-0.1, -0.05) is 42.5 Å². The first-order valence-electron chi connectivity index (χ1n) is 9.63. The van der Waals surface area contributed by atoms with E-state index < -0.39 is 24.1 Å². The molecule has 0 fully saturated rings. The van der Waals surface area contributed by atoms with Gasteiger partial charge in [-0.3, -0.25) is 9.59 Å². The van der Waals surface area contributed by atoms with E-state index in [1.807, 2.05) is 54.8 Å². The lowest BCUT2D eigenvalue weighted by molar-refractivity contribution is -0.132. The van der Waals surface area contributed by atoms with E-state index in [4.69, 9.17) is 4.74 Å². The molecule has 2 atom stereocenters. The molecule has 2 N–H and O–H groups in total. The maximum Gasteiger partial charge on any atom is 0.407 e. The number of amides is 3. The van der Waals surface area contributed by atoms with Gasteiger partial charge in [0.1, 0.15) is 6.04 Å². The number of rotatable bonds is 6. The Kier molecular flexibility index (Phi) is 6.99. The molecule has 0 bridgehead atoms. The molecule has 30 heavy (non-hydrogen) atoms. The number of thioether (sulfide) groups is 1. The van der Waals surface area contributed by atoms with Crippen LogP contribution in [0.3, 0.4) is 0 Å². The Balaban J connectivity index is 1.81. The average molecular weight is 428 g/mol. The van der Waals surface area contributed by atoms with Gasteiger partial charge in [0.2, 0.25) is 0 Å². The topological polar surface area (TPSA) is 87.7 Å². The first kappa shape index (κ1) is 21.7. The van der Waals surface area contributed by atoms with E-state index in [0.29, 0.717) is 12.1 Å². The van der Waals surface area contributed by atoms with Crippen molar-refractivity contribution in [1.82, 2.24) is 10.6 Å². The fourth-order valence-corrected chi connectivity index (χ4v) is 3.65. The van der Waals surface area contributed by atoms with Crippen molar-refractivity contribution in [2.75, 3.05) is 30.5 Å². The zero-order valence-electron chi connectivity index (χ0n) is 17.2.